The van der Waals surface area contributed by atoms with Crippen LogP contribution >= 0.6 is 0 Å². The fourth-order valence-electron chi connectivity index (χ4n) is 3.35. The van der Waals surface area contributed by atoms with Crippen molar-refractivity contribution in [1.82, 2.24) is 9.97 Å². The molecule has 7 nitrogen and oxygen atoms in total. The molecule has 0 saturated heterocycles. The highest BCUT2D eigenvalue weighted by Gasteiger charge is 2.27. The van der Waals surface area contributed by atoms with Gasteiger partial charge in [-0.2, -0.15) is 0 Å². The van der Waals surface area contributed by atoms with Crippen molar-refractivity contribution in [1.29, 1.82) is 0 Å². The molecule has 1 aliphatic heterocycles. The second-order valence-electron chi connectivity index (χ2n) is 6.39. The van der Waals surface area contributed by atoms with Gasteiger partial charge in [0.05, 0.1) is 19.9 Å². The van der Waals surface area contributed by atoms with Gasteiger partial charge in [0.25, 0.3) is 0 Å². The number of aromatic nitrogens is 2. The molecule has 0 N–H and O–H groups in total. The van der Waals surface area contributed by atoms with E-state index in [0.717, 1.165) is 24.2 Å². The van der Waals surface area contributed by atoms with Crippen molar-refractivity contribution in [2.24, 2.45) is 5.92 Å². The van der Waals surface area contributed by atoms with E-state index in [0.29, 0.717) is 12.4 Å². The van der Waals surface area contributed by atoms with E-state index in [-0.39, 0.29) is 6.42 Å². The number of carbonyl (C=O) groups excluding carboxylic acids is 2. The summed E-state index contributed by atoms with van der Waals surface area (Å²) in [6.45, 7) is 0.840. The number of carbonyl (C=O) groups is 2. The molecule has 7 heteroatoms. The summed E-state index contributed by atoms with van der Waals surface area (Å²) in [5.74, 6) is -1.44. The summed E-state index contributed by atoms with van der Waals surface area (Å²) < 4.78 is 9.36. The van der Waals surface area contributed by atoms with Crippen LogP contribution in [0.25, 0.3) is 0 Å². The molecule has 0 bridgehead atoms. The van der Waals surface area contributed by atoms with Crippen LogP contribution in [0.1, 0.15) is 17.5 Å². The minimum Gasteiger partial charge on any atom is -0.468 e. The van der Waals surface area contributed by atoms with Crippen LogP contribution in [0.4, 0.5) is 11.6 Å². The average molecular weight is 381 g/mol. The predicted octanol–water partition coefficient (Wildman–Crippen LogP) is 2.62. The number of hydrogen-bond acceptors (Lipinski definition) is 7. The Balaban J connectivity index is 1.74. The van der Waals surface area contributed by atoms with Crippen LogP contribution in [0.2, 0.25) is 0 Å². The molecule has 1 aromatic heterocycles. The highest BCUT2D eigenvalue weighted by Crippen LogP contribution is 2.36. The minimum atomic E-state index is -0.943. The maximum atomic E-state index is 11.8. The molecule has 146 valence electrons. The van der Waals surface area contributed by atoms with Gasteiger partial charge in [-0.1, -0.05) is 30.4 Å². The third kappa shape index (κ3) is 4.19. The molecule has 0 radical (unpaired) electrons. The first-order valence-corrected chi connectivity index (χ1v) is 9.11. The van der Waals surface area contributed by atoms with Crippen molar-refractivity contribution >= 4 is 23.6 Å². The molecule has 2 aromatic rings. The molecule has 0 aliphatic carbocycles. The fraction of sp³-hybridized carbons (Fsp3) is 0.333. The molecular weight excluding hydrogens is 358 g/mol. The number of para-hydroxylation sites is 1. The Bertz CT molecular complexity index is 851. The SMILES string of the molecule is COC(=O)C(C/C=C/Cc1cccc2c1N(c1ncccn1)CC2)C(=O)OC. The molecule has 0 atom stereocenters. The Hall–Kier alpha value is -3.22. The second-order valence-corrected chi connectivity index (χ2v) is 6.39. The lowest BCUT2D eigenvalue weighted by atomic mass is 10.0. The number of methoxy groups -OCH3 is 2. The van der Waals surface area contributed by atoms with E-state index in [1.165, 1.54) is 19.8 Å². The summed E-state index contributed by atoms with van der Waals surface area (Å²) in [6.07, 6.45) is 9.09. The summed E-state index contributed by atoms with van der Waals surface area (Å²) in [6, 6.07) is 8.04. The zero-order valence-corrected chi connectivity index (χ0v) is 16.0. The monoisotopic (exact) mass is 381 g/mol. The molecule has 0 spiro atoms. The van der Waals surface area contributed by atoms with Gasteiger partial charge in [-0.05, 0) is 36.5 Å². The number of nitrogens with zero attached hydrogens (tertiary/aromatic N) is 3. The maximum Gasteiger partial charge on any atom is 0.320 e. The molecule has 1 aromatic carbocycles. The van der Waals surface area contributed by atoms with Crippen molar-refractivity contribution < 1.29 is 19.1 Å². The van der Waals surface area contributed by atoms with Crippen molar-refractivity contribution in [3.63, 3.8) is 0 Å². The Labute approximate surface area is 164 Å². The van der Waals surface area contributed by atoms with Crippen molar-refractivity contribution in [2.75, 3.05) is 25.7 Å². The molecular formula is C21H23N3O4. The van der Waals surface area contributed by atoms with Crippen LogP contribution in [-0.2, 0) is 31.9 Å². The standard InChI is InChI=1S/C21H23N3O4/c1-27-19(25)17(20(26)28-2)10-4-3-7-15-8-5-9-16-11-14-24(18(15)16)21-22-12-6-13-23-21/h3-6,8-9,12-13,17H,7,10-11,14H2,1-2H3/b4-3+. The lowest BCUT2D eigenvalue weighted by Crippen LogP contribution is -2.25. The van der Waals surface area contributed by atoms with Crippen LogP contribution in [0.15, 0.2) is 48.8 Å². The Morgan fingerprint density at radius 3 is 2.50 bits per heavy atom. The van der Waals surface area contributed by atoms with Crippen molar-refractivity contribution in [3.05, 3.63) is 59.9 Å². The number of ether oxygens (including phenoxy) is 2. The van der Waals surface area contributed by atoms with E-state index in [1.807, 2.05) is 18.2 Å². The largest absolute Gasteiger partial charge is 0.468 e. The van der Waals surface area contributed by atoms with Gasteiger partial charge < -0.3 is 14.4 Å². The lowest BCUT2D eigenvalue weighted by molar-refractivity contribution is -0.158. The number of benzene rings is 1. The zero-order valence-electron chi connectivity index (χ0n) is 16.0. The number of allylic oxidation sites excluding steroid dienone is 2. The summed E-state index contributed by atoms with van der Waals surface area (Å²) in [5, 5.41) is 0. The topological polar surface area (TPSA) is 81.6 Å². The third-order valence-electron chi connectivity index (χ3n) is 4.72. The highest BCUT2D eigenvalue weighted by molar-refractivity contribution is 5.94. The van der Waals surface area contributed by atoms with E-state index in [4.69, 9.17) is 0 Å². The molecule has 28 heavy (non-hydrogen) atoms. The van der Waals surface area contributed by atoms with E-state index < -0.39 is 17.9 Å². The Morgan fingerprint density at radius 2 is 1.82 bits per heavy atom. The van der Waals surface area contributed by atoms with Crippen LogP contribution in [0.5, 0.6) is 0 Å². The third-order valence-corrected chi connectivity index (χ3v) is 4.72. The van der Waals surface area contributed by atoms with E-state index in [9.17, 15) is 9.59 Å². The molecule has 0 fully saturated rings. The van der Waals surface area contributed by atoms with Crippen LogP contribution in [0, 0.1) is 5.92 Å². The van der Waals surface area contributed by atoms with E-state index >= 15 is 0 Å². The molecule has 0 amide bonds. The summed E-state index contributed by atoms with van der Waals surface area (Å²) >= 11 is 0. The minimum absolute atomic E-state index is 0.236. The summed E-state index contributed by atoms with van der Waals surface area (Å²) in [4.78, 5) is 34.4. The van der Waals surface area contributed by atoms with Gasteiger partial charge in [-0.25, -0.2) is 9.97 Å². The lowest BCUT2D eigenvalue weighted by Gasteiger charge is -2.19. The molecule has 0 saturated carbocycles. The van der Waals surface area contributed by atoms with Crippen LogP contribution in [0.3, 0.4) is 0 Å². The number of esters is 2. The quantitative estimate of drug-likeness (QED) is 0.414. The zero-order chi connectivity index (χ0) is 19.9. The molecule has 3 rings (SSSR count). The summed E-state index contributed by atoms with van der Waals surface area (Å²) in [7, 11) is 2.52. The fourth-order valence-corrected chi connectivity index (χ4v) is 3.35. The van der Waals surface area contributed by atoms with E-state index in [2.05, 4.69) is 36.5 Å². The Kier molecular flexibility index (Phi) is 6.37. The smallest absolute Gasteiger partial charge is 0.320 e. The van der Waals surface area contributed by atoms with Gasteiger partial charge in [-0.15, -0.1) is 0 Å². The van der Waals surface area contributed by atoms with Gasteiger partial charge in [-0.3, -0.25) is 9.59 Å². The van der Waals surface area contributed by atoms with Crippen LogP contribution in [-0.4, -0.2) is 42.7 Å². The number of rotatable bonds is 7. The van der Waals surface area contributed by atoms with Gasteiger partial charge >= 0.3 is 11.9 Å². The average Bonchev–Trinajstić information content (AvgIpc) is 3.18. The predicted molar refractivity (Wildman–Crippen MR) is 104 cm³/mol. The molecule has 1 aliphatic rings. The number of fused-ring (bicyclic) bond motifs is 1. The van der Waals surface area contributed by atoms with Crippen molar-refractivity contribution in [2.45, 2.75) is 19.3 Å². The second kappa shape index (κ2) is 9.12. The maximum absolute atomic E-state index is 11.8. The first kappa shape index (κ1) is 19.5. The number of anilines is 2. The normalized spacial score (nSPS) is 13.0. The van der Waals surface area contributed by atoms with Crippen molar-refractivity contribution in [3.8, 4) is 0 Å². The number of hydrogen-bond donors (Lipinski definition) is 0. The van der Waals surface area contributed by atoms with Gasteiger partial charge in [0.2, 0.25) is 5.95 Å². The molecule has 2 heterocycles. The first-order valence-electron chi connectivity index (χ1n) is 9.11. The molecule has 0 unspecified atom stereocenters. The Morgan fingerprint density at radius 1 is 1.11 bits per heavy atom. The highest BCUT2D eigenvalue weighted by atomic mass is 16.5. The van der Waals surface area contributed by atoms with Gasteiger partial charge in [0, 0.05) is 18.9 Å². The first-order chi connectivity index (χ1) is 13.7. The summed E-state index contributed by atoms with van der Waals surface area (Å²) in [5.41, 5.74) is 3.54. The van der Waals surface area contributed by atoms with Gasteiger partial charge in [0.1, 0.15) is 0 Å². The van der Waals surface area contributed by atoms with Crippen LogP contribution < -0.4 is 4.90 Å². The van der Waals surface area contributed by atoms with E-state index in [1.54, 1.807) is 18.5 Å². The van der Waals surface area contributed by atoms with Gasteiger partial charge in [0.15, 0.2) is 5.92 Å².